The number of nitrogens with zero attached hydrogens (tertiary/aromatic N) is 2. The Morgan fingerprint density at radius 2 is 2.36 bits per heavy atom. The molecule has 1 atom stereocenters. The van der Waals surface area contributed by atoms with Crippen LogP contribution in [0.4, 0.5) is 10.2 Å². The van der Waals surface area contributed by atoms with E-state index < -0.39 is 5.95 Å². The van der Waals surface area contributed by atoms with Crippen LogP contribution in [0.1, 0.15) is 19.8 Å². The molecule has 0 spiro atoms. The van der Waals surface area contributed by atoms with E-state index in [1.807, 2.05) is 6.92 Å². The van der Waals surface area contributed by atoms with Crippen molar-refractivity contribution in [3.05, 3.63) is 18.3 Å². The molecule has 1 aromatic heterocycles. The molecular formula is C9H14FN3O. The largest absolute Gasteiger partial charge is 0.393 e. The summed E-state index contributed by atoms with van der Waals surface area (Å²) in [6, 6.07) is 1.22. The summed E-state index contributed by atoms with van der Waals surface area (Å²) in [6.07, 6.45) is 2.20. The van der Waals surface area contributed by atoms with E-state index >= 15 is 0 Å². The van der Waals surface area contributed by atoms with E-state index in [0.29, 0.717) is 18.8 Å². The first-order chi connectivity index (χ1) is 6.72. The van der Waals surface area contributed by atoms with Crippen LogP contribution >= 0.6 is 0 Å². The number of halogens is 1. The summed E-state index contributed by atoms with van der Waals surface area (Å²) < 4.78 is 12.6. The van der Waals surface area contributed by atoms with Crippen molar-refractivity contribution in [1.82, 2.24) is 9.97 Å². The van der Waals surface area contributed by atoms with Gasteiger partial charge in [-0.05, 0) is 12.8 Å². The standard InChI is InChI=1S/C9H14FN3O/c1-2-7(14)3-4-11-9-5-8(10)12-6-13-9/h5-7,14H,2-4H2,1H3,(H,11,12,13). The number of nitrogens with one attached hydrogen (secondary N) is 1. The third-order valence-corrected chi connectivity index (χ3v) is 1.89. The zero-order chi connectivity index (χ0) is 10.4. The van der Waals surface area contributed by atoms with Crippen molar-refractivity contribution in [3.63, 3.8) is 0 Å². The Balaban J connectivity index is 2.31. The average molecular weight is 199 g/mol. The van der Waals surface area contributed by atoms with Crippen LogP contribution in [-0.2, 0) is 0 Å². The second-order valence-corrected chi connectivity index (χ2v) is 3.00. The topological polar surface area (TPSA) is 58.0 Å². The molecule has 0 saturated heterocycles. The van der Waals surface area contributed by atoms with Gasteiger partial charge in [-0.15, -0.1) is 0 Å². The Labute approximate surface area is 82.2 Å². The molecule has 0 amide bonds. The maximum atomic E-state index is 12.6. The van der Waals surface area contributed by atoms with Gasteiger partial charge < -0.3 is 10.4 Å². The fraction of sp³-hybridized carbons (Fsp3) is 0.556. The van der Waals surface area contributed by atoms with Crippen LogP contribution in [0.2, 0.25) is 0 Å². The third kappa shape index (κ3) is 3.66. The maximum Gasteiger partial charge on any atom is 0.217 e. The van der Waals surface area contributed by atoms with Gasteiger partial charge in [0.05, 0.1) is 6.10 Å². The minimum absolute atomic E-state index is 0.311. The first-order valence-electron chi connectivity index (χ1n) is 4.62. The highest BCUT2D eigenvalue weighted by atomic mass is 19.1. The molecule has 78 valence electrons. The highest BCUT2D eigenvalue weighted by Crippen LogP contribution is 2.03. The maximum absolute atomic E-state index is 12.6. The summed E-state index contributed by atoms with van der Waals surface area (Å²) in [7, 11) is 0. The van der Waals surface area contributed by atoms with E-state index in [9.17, 15) is 9.50 Å². The molecule has 0 aromatic carbocycles. The van der Waals surface area contributed by atoms with Crippen LogP contribution in [0.15, 0.2) is 12.4 Å². The molecule has 0 bridgehead atoms. The van der Waals surface area contributed by atoms with Gasteiger partial charge in [0.25, 0.3) is 0 Å². The number of aliphatic hydroxyl groups excluding tert-OH is 1. The van der Waals surface area contributed by atoms with E-state index in [1.165, 1.54) is 6.07 Å². The third-order valence-electron chi connectivity index (χ3n) is 1.89. The van der Waals surface area contributed by atoms with Crippen molar-refractivity contribution in [3.8, 4) is 0 Å². The second-order valence-electron chi connectivity index (χ2n) is 3.00. The Bertz CT molecular complexity index is 283. The molecule has 5 heteroatoms. The van der Waals surface area contributed by atoms with Crippen molar-refractivity contribution in [2.75, 3.05) is 11.9 Å². The Morgan fingerprint density at radius 3 is 3.00 bits per heavy atom. The number of hydrogen-bond acceptors (Lipinski definition) is 4. The summed E-state index contributed by atoms with van der Waals surface area (Å²) in [4.78, 5) is 7.15. The van der Waals surface area contributed by atoms with Gasteiger partial charge in [-0.2, -0.15) is 4.39 Å². The highest BCUT2D eigenvalue weighted by Gasteiger charge is 2.01. The van der Waals surface area contributed by atoms with Gasteiger partial charge in [0.15, 0.2) is 0 Å². The summed E-state index contributed by atoms with van der Waals surface area (Å²) >= 11 is 0. The van der Waals surface area contributed by atoms with Crippen LogP contribution in [-0.4, -0.2) is 27.7 Å². The predicted octanol–water partition coefficient (Wildman–Crippen LogP) is 1.19. The van der Waals surface area contributed by atoms with Gasteiger partial charge in [-0.1, -0.05) is 6.92 Å². The first kappa shape index (κ1) is 10.8. The van der Waals surface area contributed by atoms with Gasteiger partial charge in [0.2, 0.25) is 5.95 Å². The fourth-order valence-corrected chi connectivity index (χ4v) is 1.00. The first-order valence-corrected chi connectivity index (χ1v) is 4.62. The normalized spacial score (nSPS) is 12.5. The highest BCUT2D eigenvalue weighted by molar-refractivity contribution is 5.31. The SMILES string of the molecule is CCC(O)CCNc1cc(F)ncn1. The lowest BCUT2D eigenvalue weighted by Crippen LogP contribution is -2.13. The molecule has 1 heterocycles. The molecule has 14 heavy (non-hydrogen) atoms. The van der Waals surface area contributed by atoms with Crippen LogP contribution < -0.4 is 5.32 Å². The van der Waals surface area contributed by atoms with E-state index in [2.05, 4.69) is 15.3 Å². The summed E-state index contributed by atoms with van der Waals surface area (Å²) in [5.74, 6) is -0.112. The van der Waals surface area contributed by atoms with Crippen molar-refractivity contribution in [2.24, 2.45) is 0 Å². The number of hydrogen-bond donors (Lipinski definition) is 2. The van der Waals surface area contributed by atoms with Crippen LogP contribution in [0.25, 0.3) is 0 Å². The van der Waals surface area contributed by atoms with E-state index in [-0.39, 0.29) is 6.10 Å². The lowest BCUT2D eigenvalue weighted by molar-refractivity contribution is 0.164. The lowest BCUT2D eigenvalue weighted by Gasteiger charge is -2.08. The molecule has 0 aliphatic heterocycles. The molecule has 0 saturated carbocycles. The number of aliphatic hydroxyl groups is 1. The van der Waals surface area contributed by atoms with E-state index in [0.717, 1.165) is 12.7 Å². The van der Waals surface area contributed by atoms with Gasteiger partial charge in [0.1, 0.15) is 12.1 Å². The summed E-state index contributed by atoms with van der Waals surface area (Å²) in [6.45, 7) is 2.49. The zero-order valence-electron chi connectivity index (χ0n) is 8.07. The molecule has 1 unspecified atom stereocenters. The predicted molar refractivity (Wildman–Crippen MR) is 51.4 cm³/mol. The van der Waals surface area contributed by atoms with Crippen LogP contribution in [0.5, 0.6) is 0 Å². The van der Waals surface area contributed by atoms with Crippen molar-refractivity contribution < 1.29 is 9.50 Å². The van der Waals surface area contributed by atoms with Crippen LogP contribution in [0, 0.1) is 5.95 Å². The van der Waals surface area contributed by atoms with E-state index in [4.69, 9.17) is 0 Å². The number of aromatic nitrogens is 2. The van der Waals surface area contributed by atoms with Crippen molar-refractivity contribution in [2.45, 2.75) is 25.9 Å². The quantitative estimate of drug-likeness (QED) is 0.699. The molecule has 0 radical (unpaired) electrons. The Morgan fingerprint density at radius 1 is 1.57 bits per heavy atom. The minimum Gasteiger partial charge on any atom is -0.393 e. The molecule has 1 aromatic rings. The molecule has 4 nitrogen and oxygen atoms in total. The van der Waals surface area contributed by atoms with Gasteiger partial charge in [-0.25, -0.2) is 9.97 Å². The van der Waals surface area contributed by atoms with Crippen LogP contribution in [0.3, 0.4) is 0 Å². The zero-order valence-corrected chi connectivity index (χ0v) is 8.07. The molecule has 0 aliphatic carbocycles. The smallest absolute Gasteiger partial charge is 0.217 e. The minimum atomic E-state index is -0.557. The molecular weight excluding hydrogens is 185 g/mol. The number of rotatable bonds is 5. The second kappa shape index (κ2) is 5.49. The molecule has 1 rings (SSSR count). The van der Waals surface area contributed by atoms with Crippen molar-refractivity contribution >= 4 is 5.82 Å². The number of anilines is 1. The van der Waals surface area contributed by atoms with Gasteiger partial charge >= 0.3 is 0 Å². The lowest BCUT2D eigenvalue weighted by atomic mass is 10.2. The Hall–Kier alpha value is -1.23. The monoisotopic (exact) mass is 199 g/mol. The van der Waals surface area contributed by atoms with Crippen molar-refractivity contribution in [1.29, 1.82) is 0 Å². The fourth-order valence-electron chi connectivity index (χ4n) is 1.00. The average Bonchev–Trinajstić information content (AvgIpc) is 2.17. The summed E-state index contributed by atoms with van der Waals surface area (Å²) in [5, 5.41) is 12.1. The Kier molecular flexibility index (Phi) is 4.25. The van der Waals surface area contributed by atoms with Gasteiger partial charge in [-0.3, -0.25) is 0 Å². The van der Waals surface area contributed by atoms with E-state index in [1.54, 1.807) is 0 Å². The molecule has 0 fully saturated rings. The molecule has 2 N–H and O–H groups in total. The summed E-state index contributed by atoms with van der Waals surface area (Å²) in [5.41, 5.74) is 0. The van der Waals surface area contributed by atoms with Gasteiger partial charge in [0, 0.05) is 12.6 Å². The molecule has 0 aliphatic rings.